The Morgan fingerprint density at radius 3 is 2.37 bits per heavy atom. The summed E-state index contributed by atoms with van der Waals surface area (Å²) in [5, 5.41) is 11.5. The molecule has 0 amide bonds. The van der Waals surface area contributed by atoms with Crippen LogP contribution in [0.1, 0.15) is 0 Å². The van der Waals surface area contributed by atoms with E-state index in [1.165, 1.54) is 7.11 Å². The van der Waals surface area contributed by atoms with Crippen LogP contribution in [-0.4, -0.2) is 49.2 Å². The molecular formula is C21H21N7O2. The molecule has 0 saturated heterocycles. The van der Waals surface area contributed by atoms with Gasteiger partial charge in [-0.05, 0) is 11.6 Å². The number of hydrogen-bond acceptors (Lipinski definition) is 7. The molecule has 0 aliphatic carbocycles. The first kappa shape index (κ1) is 19.3. The molecule has 0 atom stereocenters. The van der Waals surface area contributed by atoms with E-state index in [9.17, 15) is 4.79 Å². The molecule has 0 unspecified atom stereocenters. The summed E-state index contributed by atoms with van der Waals surface area (Å²) in [6.07, 6.45) is 9.09. The normalized spacial score (nSPS) is 10.8. The second-order valence-corrected chi connectivity index (χ2v) is 6.77. The maximum Gasteiger partial charge on any atom is 0.325 e. The van der Waals surface area contributed by atoms with Gasteiger partial charge in [-0.15, -0.1) is 0 Å². The molecule has 30 heavy (non-hydrogen) atoms. The van der Waals surface area contributed by atoms with Crippen molar-refractivity contribution in [1.29, 1.82) is 0 Å². The Labute approximate surface area is 173 Å². The smallest absolute Gasteiger partial charge is 0.325 e. The van der Waals surface area contributed by atoms with E-state index in [1.807, 2.05) is 57.0 Å². The van der Waals surface area contributed by atoms with Gasteiger partial charge in [0.2, 0.25) is 0 Å². The SMILES string of the molecule is COC(=O)CNc1nc(-c2cccc(-c3cnn(C)c3)c2)ncc1-c1cnn(C)c1. The molecule has 4 rings (SSSR count). The van der Waals surface area contributed by atoms with E-state index in [0.29, 0.717) is 11.6 Å². The standard InChI is InChI=1S/C21H21N7O2/c1-27-12-16(8-24-27)14-5-4-6-15(7-14)20-22-10-18(17-9-25-28(2)13-17)21(26-20)23-11-19(29)30-3/h4-10,12-13H,11H2,1-3H3,(H,22,23,26). The van der Waals surface area contributed by atoms with Crippen LogP contribution in [0.15, 0.2) is 55.2 Å². The molecule has 0 spiro atoms. The zero-order chi connectivity index (χ0) is 21.1. The lowest BCUT2D eigenvalue weighted by Gasteiger charge is -2.11. The average molecular weight is 403 g/mol. The van der Waals surface area contributed by atoms with Crippen molar-refractivity contribution in [2.75, 3.05) is 19.0 Å². The van der Waals surface area contributed by atoms with Crippen molar-refractivity contribution in [3.05, 3.63) is 55.2 Å². The fourth-order valence-electron chi connectivity index (χ4n) is 3.06. The van der Waals surface area contributed by atoms with Gasteiger partial charge in [0.25, 0.3) is 0 Å². The highest BCUT2D eigenvalue weighted by Gasteiger charge is 2.14. The second-order valence-electron chi connectivity index (χ2n) is 6.77. The van der Waals surface area contributed by atoms with E-state index >= 15 is 0 Å². The van der Waals surface area contributed by atoms with Gasteiger partial charge in [-0.2, -0.15) is 10.2 Å². The van der Waals surface area contributed by atoms with Crippen LogP contribution >= 0.6 is 0 Å². The second kappa shape index (κ2) is 8.16. The minimum absolute atomic E-state index is 0.00403. The molecule has 9 heteroatoms. The van der Waals surface area contributed by atoms with Crippen LogP contribution in [0.4, 0.5) is 5.82 Å². The molecule has 0 bridgehead atoms. The highest BCUT2D eigenvalue weighted by atomic mass is 16.5. The van der Waals surface area contributed by atoms with Crippen molar-refractivity contribution in [3.63, 3.8) is 0 Å². The first-order valence-corrected chi connectivity index (χ1v) is 9.29. The van der Waals surface area contributed by atoms with Crippen molar-refractivity contribution < 1.29 is 9.53 Å². The monoisotopic (exact) mass is 403 g/mol. The number of esters is 1. The van der Waals surface area contributed by atoms with Gasteiger partial charge in [0.1, 0.15) is 12.4 Å². The topological polar surface area (TPSA) is 99.8 Å². The number of rotatable bonds is 6. The summed E-state index contributed by atoms with van der Waals surface area (Å²) in [6.45, 7) is -0.00403. The Hall–Kier alpha value is -4.01. The molecule has 4 aromatic rings. The summed E-state index contributed by atoms with van der Waals surface area (Å²) in [4.78, 5) is 20.9. The molecule has 152 valence electrons. The van der Waals surface area contributed by atoms with Gasteiger partial charge in [0.05, 0.1) is 19.5 Å². The summed E-state index contributed by atoms with van der Waals surface area (Å²) in [7, 11) is 5.07. The number of aryl methyl sites for hydroxylation is 2. The van der Waals surface area contributed by atoms with Crippen LogP contribution in [0.25, 0.3) is 33.6 Å². The van der Waals surface area contributed by atoms with Gasteiger partial charge >= 0.3 is 5.97 Å². The van der Waals surface area contributed by atoms with E-state index in [-0.39, 0.29) is 12.5 Å². The Bertz CT molecular complexity index is 1200. The molecule has 0 aliphatic heterocycles. The lowest BCUT2D eigenvalue weighted by atomic mass is 10.1. The fourth-order valence-corrected chi connectivity index (χ4v) is 3.06. The van der Waals surface area contributed by atoms with Gasteiger partial charge in [0.15, 0.2) is 5.82 Å². The van der Waals surface area contributed by atoms with Crippen LogP contribution in [0.2, 0.25) is 0 Å². The third kappa shape index (κ3) is 4.04. The van der Waals surface area contributed by atoms with Crippen LogP contribution < -0.4 is 5.32 Å². The zero-order valence-corrected chi connectivity index (χ0v) is 16.9. The minimum Gasteiger partial charge on any atom is -0.468 e. The van der Waals surface area contributed by atoms with Gasteiger partial charge < -0.3 is 10.1 Å². The van der Waals surface area contributed by atoms with Crippen LogP contribution in [0.5, 0.6) is 0 Å². The Balaban J connectivity index is 1.73. The van der Waals surface area contributed by atoms with Gasteiger partial charge in [-0.25, -0.2) is 9.97 Å². The number of aromatic nitrogens is 6. The van der Waals surface area contributed by atoms with Crippen molar-refractivity contribution in [2.24, 2.45) is 14.1 Å². The molecule has 9 nitrogen and oxygen atoms in total. The van der Waals surface area contributed by atoms with Crippen molar-refractivity contribution >= 4 is 11.8 Å². The van der Waals surface area contributed by atoms with Crippen molar-refractivity contribution in [2.45, 2.75) is 0 Å². The molecule has 3 heterocycles. The number of carbonyl (C=O) groups excluding carboxylic acids is 1. The van der Waals surface area contributed by atoms with E-state index in [4.69, 9.17) is 4.74 Å². The number of methoxy groups -OCH3 is 1. The maximum absolute atomic E-state index is 11.6. The van der Waals surface area contributed by atoms with E-state index in [2.05, 4.69) is 25.5 Å². The Kier molecular flexibility index (Phi) is 5.25. The molecule has 3 aromatic heterocycles. The molecule has 0 saturated carbocycles. The molecule has 0 fully saturated rings. The highest BCUT2D eigenvalue weighted by Crippen LogP contribution is 2.29. The number of ether oxygens (including phenoxy) is 1. The first-order chi connectivity index (χ1) is 14.5. The molecular weight excluding hydrogens is 382 g/mol. The van der Waals surface area contributed by atoms with Crippen LogP contribution in [0.3, 0.4) is 0 Å². The summed E-state index contributed by atoms with van der Waals surface area (Å²) >= 11 is 0. The number of anilines is 1. The average Bonchev–Trinajstić information content (AvgIpc) is 3.40. The predicted molar refractivity (Wildman–Crippen MR) is 112 cm³/mol. The number of hydrogen-bond donors (Lipinski definition) is 1. The van der Waals surface area contributed by atoms with Crippen molar-refractivity contribution in [3.8, 4) is 33.6 Å². The maximum atomic E-state index is 11.6. The minimum atomic E-state index is -0.383. The largest absolute Gasteiger partial charge is 0.468 e. The van der Waals surface area contributed by atoms with Gasteiger partial charge in [-0.3, -0.25) is 14.2 Å². The highest BCUT2D eigenvalue weighted by molar-refractivity contribution is 5.80. The predicted octanol–water partition coefficient (Wildman–Crippen LogP) is 2.53. The van der Waals surface area contributed by atoms with E-state index in [0.717, 1.165) is 27.8 Å². The van der Waals surface area contributed by atoms with Crippen molar-refractivity contribution in [1.82, 2.24) is 29.5 Å². The zero-order valence-electron chi connectivity index (χ0n) is 16.9. The number of benzene rings is 1. The summed E-state index contributed by atoms with van der Waals surface area (Å²) < 4.78 is 8.19. The molecule has 0 aliphatic rings. The summed E-state index contributed by atoms with van der Waals surface area (Å²) in [5.41, 5.74) is 4.48. The summed E-state index contributed by atoms with van der Waals surface area (Å²) in [6, 6.07) is 7.93. The Morgan fingerprint density at radius 1 is 1.00 bits per heavy atom. The quantitative estimate of drug-likeness (QED) is 0.494. The van der Waals surface area contributed by atoms with Gasteiger partial charge in [-0.1, -0.05) is 18.2 Å². The van der Waals surface area contributed by atoms with Crippen LogP contribution in [0, 0.1) is 0 Å². The van der Waals surface area contributed by atoms with E-state index < -0.39 is 0 Å². The molecule has 0 radical (unpaired) electrons. The third-order valence-electron chi connectivity index (χ3n) is 4.59. The number of nitrogens with one attached hydrogen (secondary N) is 1. The number of carbonyl (C=O) groups is 1. The van der Waals surface area contributed by atoms with Crippen LogP contribution in [-0.2, 0) is 23.6 Å². The number of nitrogens with zero attached hydrogens (tertiary/aromatic N) is 6. The lowest BCUT2D eigenvalue weighted by molar-refractivity contribution is -0.138. The first-order valence-electron chi connectivity index (χ1n) is 9.29. The summed E-state index contributed by atoms with van der Waals surface area (Å²) in [5.74, 6) is 0.691. The Morgan fingerprint density at radius 2 is 1.70 bits per heavy atom. The molecule has 1 aromatic carbocycles. The molecule has 1 N–H and O–H groups in total. The van der Waals surface area contributed by atoms with Gasteiger partial charge in [0, 0.05) is 54.9 Å². The third-order valence-corrected chi connectivity index (χ3v) is 4.59. The fraction of sp³-hybridized carbons (Fsp3) is 0.190. The van der Waals surface area contributed by atoms with E-state index in [1.54, 1.807) is 21.8 Å². The lowest BCUT2D eigenvalue weighted by Crippen LogP contribution is -2.16.